The minimum absolute atomic E-state index is 0.00938. The van der Waals surface area contributed by atoms with Crippen molar-refractivity contribution < 1.29 is 52.4 Å². The summed E-state index contributed by atoms with van der Waals surface area (Å²) in [7, 11) is -4.66. The standard InChI is InChI=1S/C51H86O11Si2/c1-18-63(19-2,20-3)61-39-30-40-51(31-57-40,60-37(13)52)43-45(59-46(54)38-27-25-24-26-28-38)50(17,56)48(14,15)41(35(11)44(53)49(39,43)16)34(10)36(12)58-47(55)42(33(9)29-32(7)8)62-64(21-4,22-5)23-6/h24-28,32-33,35-36,39-40,42-45,53,56H,18-23,29-31H2,1-17H3/b41-34-/t33-,35-,36-,39-,40+,42?,43-,44-,45-,49+,50+,51-/m0/s1. The Morgan fingerprint density at radius 1 is 0.859 bits per heavy atom. The van der Waals surface area contributed by atoms with E-state index in [2.05, 4.69) is 62.3 Å². The van der Waals surface area contributed by atoms with E-state index in [0.29, 0.717) is 23.5 Å². The molecule has 0 bridgehead atoms. The first-order chi connectivity index (χ1) is 29.8. The summed E-state index contributed by atoms with van der Waals surface area (Å²) in [4.78, 5) is 42.3. The molecule has 0 aromatic heterocycles. The van der Waals surface area contributed by atoms with E-state index in [1.54, 1.807) is 31.2 Å². The number of hydrogen-bond donors (Lipinski definition) is 2. The van der Waals surface area contributed by atoms with Crippen molar-refractivity contribution in [2.75, 3.05) is 6.61 Å². The molecular formula is C51H86O11Si2. The van der Waals surface area contributed by atoms with Crippen molar-refractivity contribution in [1.29, 1.82) is 0 Å². The zero-order valence-corrected chi connectivity index (χ0v) is 44.6. The fourth-order valence-electron chi connectivity index (χ4n) is 12.1. The minimum atomic E-state index is -2.42. The lowest BCUT2D eigenvalue weighted by Crippen LogP contribution is -2.81. The maximum Gasteiger partial charge on any atom is 0.338 e. The Balaban J connectivity index is 2.02. The first-order valence-corrected chi connectivity index (χ1v) is 29.6. The quantitative estimate of drug-likeness (QED) is 0.0591. The van der Waals surface area contributed by atoms with Gasteiger partial charge in [-0.3, -0.25) is 4.79 Å². The summed E-state index contributed by atoms with van der Waals surface area (Å²) in [5.74, 6) is -3.01. The number of aliphatic hydroxyl groups is 2. The monoisotopic (exact) mass is 931 g/mol. The van der Waals surface area contributed by atoms with Gasteiger partial charge >= 0.3 is 17.9 Å². The summed E-state index contributed by atoms with van der Waals surface area (Å²) in [6, 6.07) is 13.8. The normalized spacial score (nSPS) is 32.7. The molecule has 2 aliphatic carbocycles. The number of carbonyl (C=O) groups excluding carboxylic acids is 3. The predicted molar refractivity (Wildman–Crippen MR) is 257 cm³/mol. The van der Waals surface area contributed by atoms with Gasteiger partial charge in [0.1, 0.15) is 30.0 Å². The second kappa shape index (κ2) is 20.9. The van der Waals surface area contributed by atoms with Gasteiger partial charge in [-0.05, 0) is 93.0 Å². The summed E-state index contributed by atoms with van der Waals surface area (Å²) in [6.45, 7) is 33.8. The van der Waals surface area contributed by atoms with Crippen LogP contribution in [0.5, 0.6) is 0 Å². The Hall–Kier alpha value is -2.40. The molecule has 64 heavy (non-hydrogen) atoms. The minimum Gasteiger partial charge on any atom is -0.456 e. The molecule has 0 amide bonds. The molecule has 3 aliphatic rings. The molecule has 2 N–H and O–H groups in total. The number of hydrogen-bond acceptors (Lipinski definition) is 11. The van der Waals surface area contributed by atoms with E-state index in [0.717, 1.165) is 42.7 Å². The summed E-state index contributed by atoms with van der Waals surface area (Å²) in [5.41, 5.74) is -4.17. The molecular weight excluding hydrogens is 845 g/mol. The van der Waals surface area contributed by atoms with Crippen molar-refractivity contribution in [2.24, 2.45) is 34.5 Å². The van der Waals surface area contributed by atoms with Crippen LogP contribution in [0.4, 0.5) is 0 Å². The molecule has 11 nitrogen and oxygen atoms in total. The smallest absolute Gasteiger partial charge is 0.338 e. The first-order valence-electron chi connectivity index (χ1n) is 24.5. The molecule has 1 saturated heterocycles. The van der Waals surface area contributed by atoms with Crippen LogP contribution in [0.15, 0.2) is 41.5 Å². The lowest BCUT2D eigenvalue weighted by molar-refractivity contribution is -0.359. The van der Waals surface area contributed by atoms with Gasteiger partial charge in [-0.2, -0.15) is 0 Å². The molecule has 4 rings (SSSR count). The van der Waals surface area contributed by atoms with Crippen LogP contribution >= 0.6 is 0 Å². The van der Waals surface area contributed by atoms with Gasteiger partial charge in [-0.15, -0.1) is 0 Å². The molecule has 364 valence electrons. The third-order valence-electron chi connectivity index (χ3n) is 16.9. The molecule has 2 saturated carbocycles. The van der Waals surface area contributed by atoms with E-state index in [4.69, 9.17) is 27.8 Å². The van der Waals surface area contributed by atoms with Crippen LogP contribution in [-0.4, -0.2) is 99.2 Å². The van der Waals surface area contributed by atoms with Gasteiger partial charge in [0.25, 0.3) is 0 Å². The van der Waals surface area contributed by atoms with Gasteiger partial charge in [0, 0.05) is 30.1 Å². The second-order valence-electron chi connectivity index (χ2n) is 21.0. The lowest BCUT2D eigenvalue weighted by Gasteiger charge is -2.69. The first kappa shape index (κ1) is 54.2. The molecule has 0 spiro atoms. The zero-order valence-electron chi connectivity index (χ0n) is 42.6. The van der Waals surface area contributed by atoms with E-state index >= 15 is 0 Å². The molecule has 1 aromatic carbocycles. The van der Waals surface area contributed by atoms with Gasteiger partial charge < -0.3 is 38.0 Å². The van der Waals surface area contributed by atoms with Crippen molar-refractivity contribution in [1.82, 2.24) is 0 Å². The SMILES string of the molecule is CC[Si](CC)(CC)OC(C(=O)O[C@@H](C)/C(C)=C1/[C@H](C)[C@H](O)[C@]2(C)[C@@H](O[Si](CC)(CC)CC)C[C@H]3OC[C@@]3(OC(C)=O)[C@H]2[C@H](OC(=O)c2ccccc2)[C@@](C)(O)C1(C)C)[C@@H](C)CC(C)C. The van der Waals surface area contributed by atoms with Crippen molar-refractivity contribution in [3.05, 3.63) is 47.0 Å². The van der Waals surface area contributed by atoms with Gasteiger partial charge in [0.2, 0.25) is 0 Å². The molecule has 0 radical (unpaired) electrons. The predicted octanol–water partition coefficient (Wildman–Crippen LogP) is 10.4. The Bertz CT molecular complexity index is 1770. The maximum absolute atomic E-state index is 14.6. The highest BCUT2D eigenvalue weighted by atomic mass is 28.4. The number of esters is 3. The number of aliphatic hydroxyl groups excluding tert-OH is 1. The molecule has 1 heterocycles. The summed E-state index contributed by atoms with van der Waals surface area (Å²) in [6.07, 6.45) is -4.26. The van der Waals surface area contributed by atoms with E-state index < -0.39 is 105 Å². The van der Waals surface area contributed by atoms with Crippen molar-refractivity contribution >= 4 is 34.5 Å². The average Bonchev–Trinajstić information content (AvgIpc) is 3.24. The molecule has 1 aromatic rings. The van der Waals surface area contributed by atoms with E-state index in [-0.39, 0.29) is 18.1 Å². The van der Waals surface area contributed by atoms with Crippen molar-refractivity contribution in [3.8, 4) is 0 Å². The molecule has 13 heteroatoms. The van der Waals surface area contributed by atoms with Crippen molar-refractivity contribution in [2.45, 2.75) is 215 Å². The van der Waals surface area contributed by atoms with Crippen LogP contribution < -0.4 is 0 Å². The van der Waals surface area contributed by atoms with E-state index in [1.165, 1.54) is 6.92 Å². The highest BCUT2D eigenvalue weighted by Crippen LogP contribution is 2.65. The summed E-state index contributed by atoms with van der Waals surface area (Å²) >= 11 is 0. The Morgan fingerprint density at radius 2 is 1.41 bits per heavy atom. The average molecular weight is 931 g/mol. The third-order valence-corrected chi connectivity index (χ3v) is 26.1. The largest absolute Gasteiger partial charge is 0.456 e. The fourth-order valence-corrected chi connectivity index (χ4v) is 17.9. The van der Waals surface area contributed by atoms with Crippen LogP contribution in [0.1, 0.15) is 141 Å². The fraction of sp³-hybridized carbons (Fsp3) is 0.784. The Morgan fingerprint density at radius 3 is 1.88 bits per heavy atom. The van der Waals surface area contributed by atoms with Gasteiger partial charge in [0.15, 0.2) is 22.2 Å². The summed E-state index contributed by atoms with van der Waals surface area (Å²) in [5, 5.41) is 27.1. The second-order valence-corrected chi connectivity index (χ2v) is 30.5. The van der Waals surface area contributed by atoms with Crippen molar-refractivity contribution in [3.63, 3.8) is 0 Å². The summed E-state index contributed by atoms with van der Waals surface area (Å²) < 4.78 is 40.3. The van der Waals surface area contributed by atoms with Crippen LogP contribution in [0.2, 0.25) is 36.3 Å². The molecule has 1 aliphatic heterocycles. The highest BCUT2D eigenvalue weighted by Gasteiger charge is 2.76. The molecule has 1 unspecified atom stereocenters. The van der Waals surface area contributed by atoms with Crippen LogP contribution in [0.25, 0.3) is 0 Å². The number of carbonyl (C=O) groups is 3. The number of benzene rings is 1. The van der Waals surface area contributed by atoms with Crippen LogP contribution in [0, 0.1) is 34.5 Å². The van der Waals surface area contributed by atoms with E-state index in [1.807, 2.05) is 47.6 Å². The Labute approximate surface area is 388 Å². The maximum atomic E-state index is 14.6. The number of ether oxygens (including phenoxy) is 4. The van der Waals surface area contributed by atoms with Gasteiger partial charge in [-0.25, -0.2) is 9.59 Å². The third kappa shape index (κ3) is 9.93. The van der Waals surface area contributed by atoms with E-state index in [9.17, 15) is 24.6 Å². The zero-order chi connectivity index (χ0) is 48.4. The van der Waals surface area contributed by atoms with Gasteiger partial charge in [0.05, 0.1) is 30.3 Å². The molecule has 12 atom stereocenters. The number of fused-ring (bicyclic) bond motifs is 3. The highest BCUT2D eigenvalue weighted by molar-refractivity contribution is 6.74. The Kier molecular flexibility index (Phi) is 17.7. The topological polar surface area (TPSA) is 147 Å². The van der Waals surface area contributed by atoms with Crippen LogP contribution in [-0.2, 0) is 37.4 Å². The van der Waals surface area contributed by atoms with Crippen LogP contribution in [0.3, 0.4) is 0 Å². The van der Waals surface area contributed by atoms with Gasteiger partial charge in [-0.1, -0.05) is 114 Å². The lowest BCUT2D eigenvalue weighted by atomic mass is 9.45. The number of rotatable bonds is 19. The molecule has 3 fully saturated rings.